The molecular formula is C8H15NO3S. The Labute approximate surface area is 78.6 Å². The number of rotatable bonds is 4. The molecule has 1 saturated carbocycles. The van der Waals surface area contributed by atoms with E-state index >= 15 is 0 Å². The molecule has 0 unspecified atom stereocenters. The monoisotopic (exact) mass is 205 g/mol. The molecule has 0 saturated heterocycles. The van der Waals surface area contributed by atoms with Crippen molar-refractivity contribution >= 4 is 15.5 Å². The van der Waals surface area contributed by atoms with Crippen LogP contribution >= 0.6 is 0 Å². The summed E-state index contributed by atoms with van der Waals surface area (Å²) in [5.41, 5.74) is 0.432. The van der Waals surface area contributed by atoms with Gasteiger partial charge in [0.15, 0.2) is 9.84 Å². The molecule has 1 rings (SSSR count). The normalized spacial score (nSPS) is 21.5. The Balaban J connectivity index is 2.81. The molecule has 0 radical (unpaired) electrons. The van der Waals surface area contributed by atoms with Crippen molar-refractivity contribution in [2.75, 3.05) is 5.75 Å². The summed E-state index contributed by atoms with van der Waals surface area (Å²) in [5, 5.41) is 11.2. The minimum Gasteiger partial charge on any atom is -0.411 e. The molecule has 0 bridgehead atoms. The quantitative estimate of drug-likeness (QED) is 0.424. The summed E-state index contributed by atoms with van der Waals surface area (Å²) < 4.78 is 22.9. The first-order valence-electron chi connectivity index (χ1n) is 4.46. The van der Waals surface area contributed by atoms with E-state index in [-0.39, 0.29) is 11.7 Å². The molecule has 0 spiro atoms. The van der Waals surface area contributed by atoms with Gasteiger partial charge in [-0.1, -0.05) is 12.1 Å². The Kier molecular flexibility index (Phi) is 2.95. The van der Waals surface area contributed by atoms with Crippen molar-refractivity contribution in [3.63, 3.8) is 0 Å². The molecule has 0 amide bonds. The molecule has 4 nitrogen and oxygen atoms in total. The Morgan fingerprint density at radius 3 is 2.46 bits per heavy atom. The van der Waals surface area contributed by atoms with Gasteiger partial charge in [-0.05, 0) is 19.8 Å². The minimum absolute atomic E-state index is 0.0971. The van der Waals surface area contributed by atoms with E-state index in [1.165, 1.54) is 0 Å². The molecule has 13 heavy (non-hydrogen) atoms. The SMILES string of the molecule is CCS(=O)(=O)[C@H](C)/C(=N\O)C1CC1. The van der Waals surface area contributed by atoms with E-state index in [0.717, 1.165) is 12.8 Å². The van der Waals surface area contributed by atoms with Gasteiger partial charge in [-0.25, -0.2) is 8.42 Å². The fraction of sp³-hybridized carbons (Fsp3) is 0.875. The minimum atomic E-state index is -3.11. The van der Waals surface area contributed by atoms with Gasteiger partial charge in [0.25, 0.3) is 0 Å². The average Bonchev–Trinajstić information content (AvgIpc) is 2.89. The van der Waals surface area contributed by atoms with Crippen LogP contribution in [0.1, 0.15) is 26.7 Å². The van der Waals surface area contributed by atoms with Crippen LogP contribution in [0.25, 0.3) is 0 Å². The van der Waals surface area contributed by atoms with Gasteiger partial charge in [-0.3, -0.25) is 0 Å². The van der Waals surface area contributed by atoms with Gasteiger partial charge >= 0.3 is 0 Å². The van der Waals surface area contributed by atoms with E-state index < -0.39 is 15.1 Å². The molecule has 0 aromatic heterocycles. The molecule has 0 heterocycles. The summed E-state index contributed by atoms with van der Waals surface area (Å²) in [6.45, 7) is 3.19. The number of sulfone groups is 1. The lowest BCUT2D eigenvalue weighted by Gasteiger charge is -2.11. The summed E-state index contributed by atoms with van der Waals surface area (Å²) in [6, 6.07) is 0. The summed E-state index contributed by atoms with van der Waals surface area (Å²) in [7, 11) is -3.11. The summed E-state index contributed by atoms with van der Waals surface area (Å²) in [5.74, 6) is 0.293. The molecule has 0 aromatic carbocycles. The highest BCUT2D eigenvalue weighted by molar-refractivity contribution is 7.92. The molecule has 0 aliphatic heterocycles. The van der Waals surface area contributed by atoms with Gasteiger partial charge in [0.05, 0.1) is 5.71 Å². The van der Waals surface area contributed by atoms with Gasteiger partial charge in [-0.2, -0.15) is 0 Å². The van der Waals surface area contributed by atoms with Gasteiger partial charge in [0.1, 0.15) is 5.25 Å². The molecule has 1 aliphatic rings. The lowest BCUT2D eigenvalue weighted by atomic mass is 10.2. The topological polar surface area (TPSA) is 66.7 Å². The van der Waals surface area contributed by atoms with Crippen LogP contribution in [0, 0.1) is 5.92 Å². The van der Waals surface area contributed by atoms with Crippen LogP contribution in [-0.4, -0.2) is 30.3 Å². The largest absolute Gasteiger partial charge is 0.411 e. The molecular weight excluding hydrogens is 190 g/mol. The van der Waals surface area contributed by atoms with Crippen LogP contribution < -0.4 is 0 Å². The lowest BCUT2D eigenvalue weighted by molar-refractivity contribution is 0.316. The zero-order valence-corrected chi connectivity index (χ0v) is 8.71. The summed E-state index contributed by atoms with van der Waals surface area (Å²) in [4.78, 5) is 0. The van der Waals surface area contributed by atoms with Crippen molar-refractivity contribution in [3.05, 3.63) is 0 Å². The zero-order valence-electron chi connectivity index (χ0n) is 7.90. The van der Waals surface area contributed by atoms with Crippen LogP contribution in [0.5, 0.6) is 0 Å². The average molecular weight is 205 g/mol. The molecule has 1 N–H and O–H groups in total. The van der Waals surface area contributed by atoms with E-state index in [2.05, 4.69) is 5.16 Å². The predicted molar refractivity (Wildman–Crippen MR) is 50.9 cm³/mol. The fourth-order valence-corrected chi connectivity index (χ4v) is 2.42. The van der Waals surface area contributed by atoms with E-state index in [9.17, 15) is 8.42 Å². The zero-order chi connectivity index (χ0) is 10.1. The second-order valence-corrected chi connectivity index (χ2v) is 6.00. The van der Waals surface area contributed by atoms with E-state index in [4.69, 9.17) is 5.21 Å². The lowest BCUT2D eigenvalue weighted by Crippen LogP contribution is -2.30. The fourth-order valence-electron chi connectivity index (χ4n) is 1.31. The highest BCUT2D eigenvalue weighted by Crippen LogP contribution is 2.33. The molecule has 1 atom stereocenters. The maximum Gasteiger partial charge on any atom is 0.158 e. The first kappa shape index (κ1) is 10.5. The third-order valence-corrected chi connectivity index (χ3v) is 4.59. The number of oxime groups is 1. The van der Waals surface area contributed by atoms with Gasteiger partial charge < -0.3 is 5.21 Å². The molecule has 0 aromatic rings. The van der Waals surface area contributed by atoms with Crippen molar-refractivity contribution in [1.29, 1.82) is 0 Å². The van der Waals surface area contributed by atoms with Gasteiger partial charge in [0, 0.05) is 11.7 Å². The Bertz CT molecular complexity index is 303. The molecule has 5 heteroatoms. The van der Waals surface area contributed by atoms with Gasteiger partial charge in [0.2, 0.25) is 0 Å². The van der Waals surface area contributed by atoms with Crippen LogP contribution in [-0.2, 0) is 9.84 Å². The third kappa shape index (κ3) is 2.21. The summed E-state index contributed by atoms with van der Waals surface area (Å²) >= 11 is 0. The predicted octanol–water partition coefficient (Wildman–Crippen LogP) is 1.05. The Hall–Kier alpha value is -0.580. The Morgan fingerprint density at radius 2 is 2.15 bits per heavy atom. The first-order chi connectivity index (χ1) is 6.03. The van der Waals surface area contributed by atoms with Crippen molar-refractivity contribution < 1.29 is 13.6 Å². The van der Waals surface area contributed by atoms with Crippen LogP contribution in [0.4, 0.5) is 0 Å². The smallest absolute Gasteiger partial charge is 0.158 e. The van der Waals surface area contributed by atoms with Crippen molar-refractivity contribution in [2.24, 2.45) is 11.1 Å². The van der Waals surface area contributed by atoms with E-state index in [1.807, 2.05) is 0 Å². The van der Waals surface area contributed by atoms with Crippen LogP contribution in [0.2, 0.25) is 0 Å². The maximum atomic E-state index is 11.4. The number of hydrogen-bond donors (Lipinski definition) is 1. The first-order valence-corrected chi connectivity index (χ1v) is 6.18. The second-order valence-electron chi connectivity index (χ2n) is 3.39. The van der Waals surface area contributed by atoms with E-state index in [0.29, 0.717) is 5.71 Å². The molecule has 76 valence electrons. The standard InChI is InChI=1S/C8H15NO3S/c1-3-13(11,12)6(2)8(9-10)7-4-5-7/h6-7,10H,3-5H2,1-2H3/b9-8+/t6-/m1/s1. The van der Waals surface area contributed by atoms with Crippen molar-refractivity contribution in [3.8, 4) is 0 Å². The number of nitrogens with zero attached hydrogens (tertiary/aromatic N) is 1. The highest BCUT2D eigenvalue weighted by Gasteiger charge is 2.36. The van der Waals surface area contributed by atoms with Crippen LogP contribution in [0.15, 0.2) is 5.16 Å². The third-order valence-electron chi connectivity index (χ3n) is 2.47. The van der Waals surface area contributed by atoms with Crippen molar-refractivity contribution in [2.45, 2.75) is 31.9 Å². The highest BCUT2D eigenvalue weighted by atomic mass is 32.2. The van der Waals surface area contributed by atoms with E-state index in [1.54, 1.807) is 13.8 Å². The van der Waals surface area contributed by atoms with Gasteiger partial charge in [-0.15, -0.1) is 0 Å². The molecule has 1 aliphatic carbocycles. The van der Waals surface area contributed by atoms with Crippen LogP contribution in [0.3, 0.4) is 0 Å². The van der Waals surface area contributed by atoms with Crippen molar-refractivity contribution in [1.82, 2.24) is 0 Å². The molecule has 1 fully saturated rings. The number of hydrogen-bond acceptors (Lipinski definition) is 4. The summed E-state index contributed by atoms with van der Waals surface area (Å²) in [6.07, 6.45) is 1.89. The maximum absolute atomic E-state index is 11.4. The second kappa shape index (κ2) is 3.65. The Morgan fingerprint density at radius 1 is 1.62 bits per heavy atom.